The maximum absolute atomic E-state index is 13.0. The molecule has 0 aliphatic carbocycles. The summed E-state index contributed by atoms with van der Waals surface area (Å²) in [5.41, 5.74) is 1.22. The van der Waals surface area contributed by atoms with Crippen LogP contribution in [0, 0.1) is 0 Å². The van der Waals surface area contributed by atoms with Crippen LogP contribution in [0.2, 0.25) is 0 Å². The Labute approximate surface area is 145 Å². The summed E-state index contributed by atoms with van der Waals surface area (Å²) >= 11 is 0. The molecular weight excluding hydrogens is 316 g/mol. The molecule has 0 fully saturated rings. The first-order chi connectivity index (χ1) is 12.0. The van der Waals surface area contributed by atoms with Crippen molar-refractivity contribution in [1.82, 2.24) is 9.88 Å². The van der Waals surface area contributed by atoms with Crippen molar-refractivity contribution in [2.24, 2.45) is 0 Å². The van der Waals surface area contributed by atoms with Crippen LogP contribution in [0.5, 0.6) is 5.75 Å². The molecule has 0 aliphatic rings. The predicted octanol–water partition coefficient (Wildman–Crippen LogP) is 2.90. The number of phenolic OH excluding ortho intramolecular Hbond substituents is 1. The van der Waals surface area contributed by atoms with Crippen molar-refractivity contribution in [1.29, 1.82) is 0 Å². The number of rotatable bonds is 4. The van der Waals surface area contributed by atoms with E-state index in [2.05, 4.69) is 5.32 Å². The van der Waals surface area contributed by atoms with E-state index in [0.29, 0.717) is 11.1 Å². The Morgan fingerprint density at radius 2 is 1.84 bits per heavy atom. The summed E-state index contributed by atoms with van der Waals surface area (Å²) in [5.74, 6) is -0.205. The van der Waals surface area contributed by atoms with Crippen LogP contribution in [0.3, 0.4) is 0 Å². The minimum absolute atomic E-state index is 0.00659. The van der Waals surface area contributed by atoms with Crippen molar-refractivity contribution in [3.63, 3.8) is 0 Å². The van der Waals surface area contributed by atoms with Gasteiger partial charge in [-0.3, -0.25) is 14.2 Å². The van der Waals surface area contributed by atoms with Gasteiger partial charge in [-0.2, -0.15) is 0 Å². The largest absolute Gasteiger partial charge is 0.508 e. The third kappa shape index (κ3) is 3.55. The van der Waals surface area contributed by atoms with Gasteiger partial charge in [-0.1, -0.05) is 36.4 Å². The summed E-state index contributed by atoms with van der Waals surface area (Å²) in [6, 6.07) is 16.0. The van der Waals surface area contributed by atoms with Crippen molar-refractivity contribution in [3.05, 3.63) is 65.0 Å². The first-order valence-corrected chi connectivity index (χ1v) is 8.17. The fourth-order valence-corrected chi connectivity index (χ4v) is 2.85. The van der Waals surface area contributed by atoms with Gasteiger partial charge < -0.3 is 10.4 Å². The maximum Gasteiger partial charge on any atom is 0.259 e. The summed E-state index contributed by atoms with van der Waals surface area (Å²) in [7, 11) is 0. The van der Waals surface area contributed by atoms with Gasteiger partial charge in [0.15, 0.2) is 0 Å². The number of pyridine rings is 1. The molecule has 0 radical (unpaired) electrons. The molecule has 1 aromatic heterocycles. The van der Waals surface area contributed by atoms with Gasteiger partial charge in [0.2, 0.25) is 5.91 Å². The molecule has 0 saturated carbocycles. The van der Waals surface area contributed by atoms with E-state index in [0.717, 1.165) is 10.9 Å². The lowest BCUT2D eigenvalue weighted by Gasteiger charge is -2.16. The zero-order chi connectivity index (χ0) is 18.0. The van der Waals surface area contributed by atoms with Crippen LogP contribution >= 0.6 is 0 Å². The number of nitrogens with zero attached hydrogens (tertiary/aromatic N) is 1. The van der Waals surface area contributed by atoms with Crippen molar-refractivity contribution in [3.8, 4) is 17.0 Å². The summed E-state index contributed by atoms with van der Waals surface area (Å²) < 4.78 is 1.45. The predicted molar refractivity (Wildman–Crippen MR) is 98.6 cm³/mol. The van der Waals surface area contributed by atoms with E-state index in [1.165, 1.54) is 10.6 Å². The molecule has 3 rings (SSSR count). The zero-order valence-electron chi connectivity index (χ0n) is 14.2. The lowest BCUT2D eigenvalue weighted by Crippen LogP contribution is -2.36. The van der Waals surface area contributed by atoms with Gasteiger partial charge in [0, 0.05) is 6.04 Å². The van der Waals surface area contributed by atoms with Gasteiger partial charge in [-0.25, -0.2) is 0 Å². The third-order valence-corrected chi connectivity index (χ3v) is 3.92. The summed E-state index contributed by atoms with van der Waals surface area (Å²) in [5, 5.41) is 13.6. The summed E-state index contributed by atoms with van der Waals surface area (Å²) in [4.78, 5) is 25.2. The Bertz CT molecular complexity index is 975. The van der Waals surface area contributed by atoms with Crippen molar-refractivity contribution in [2.45, 2.75) is 26.4 Å². The van der Waals surface area contributed by atoms with Gasteiger partial charge >= 0.3 is 0 Å². The fourth-order valence-electron chi connectivity index (χ4n) is 2.85. The van der Waals surface area contributed by atoms with E-state index in [4.69, 9.17) is 0 Å². The highest BCUT2D eigenvalue weighted by molar-refractivity contribution is 5.87. The van der Waals surface area contributed by atoms with Gasteiger partial charge in [0.1, 0.15) is 12.3 Å². The molecule has 0 atom stereocenters. The fraction of sp³-hybridized carbons (Fsp3) is 0.200. The molecule has 1 heterocycles. The van der Waals surface area contributed by atoms with Crippen molar-refractivity contribution >= 4 is 16.7 Å². The first-order valence-electron chi connectivity index (χ1n) is 8.17. The Hall–Kier alpha value is -3.08. The zero-order valence-corrected chi connectivity index (χ0v) is 14.2. The Morgan fingerprint density at radius 1 is 1.12 bits per heavy atom. The van der Waals surface area contributed by atoms with Crippen LogP contribution in [0.4, 0.5) is 0 Å². The van der Waals surface area contributed by atoms with Gasteiger partial charge in [0.05, 0.1) is 11.1 Å². The quantitative estimate of drug-likeness (QED) is 0.769. The summed E-state index contributed by atoms with van der Waals surface area (Å²) in [6.07, 6.45) is 0. The molecule has 0 bridgehead atoms. The second kappa shape index (κ2) is 6.81. The molecule has 0 unspecified atom stereocenters. The number of phenols is 1. The van der Waals surface area contributed by atoms with E-state index in [9.17, 15) is 14.7 Å². The SMILES string of the molecule is CC(C)NC(=O)Cn1c(-c2ccccc2)cc2ccc(O)cc2c1=O. The maximum atomic E-state index is 13.0. The first kappa shape index (κ1) is 16.8. The monoisotopic (exact) mass is 336 g/mol. The lowest BCUT2D eigenvalue weighted by molar-refractivity contribution is -0.122. The molecule has 25 heavy (non-hydrogen) atoms. The number of hydrogen-bond donors (Lipinski definition) is 2. The van der Waals surface area contributed by atoms with Gasteiger partial charge in [-0.15, -0.1) is 0 Å². The molecule has 3 aromatic rings. The second-order valence-electron chi connectivity index (χ2n) is 6.28. The average Bonchev–Trinajstić information content (AvgIpc) is 2.58. The molecule has 128 valence electrons. The highest BCUT2D eigenvalue weighted by Crippen LogP contribution is 2.24. The third-order valence-electron chi connectivity index (χ3n) is 3.92. The molecule has 5 nitrogen and oxygen atoms in total. The van der Waals surface area contributed by atoms with Gasteiger partial charge in [-0.05, 0) is 43.0 Å². The lowest BCUT2D eigenvalue weighted by atomic mass is 10.1. The number of carbonyl (C=O) groups is 1. The number of aromatic hydroxyl groups is 1. The highest BCUT2D eigenvalue weighted by Gasteiger charge is 2.14. The smallest absolute Gasteiger partial charge is 0.259 e. The Kier molecular flexibility index (Phi) is 4.57. The van der Waals surface area contributed by atoms with Crippen LogP contribution < -0.4 is 10.9 Å². The van der Waals surface area contributed by atoms with Crippen LogP contribution in [-0.4, -0.2) is 21.6 Å². The topological polar surface area (TPSA) is 71.3 Å². The molecule has 0 spiro atoms. The number of amides is 1. The number of hydrogen-bond acceptors (Lipinski definition) is 3. The average molecular weight is 336 g/mol. The van der Waals surface area contributed by atoms with Crippen LogP contribution in [0.15, 0.2) is 59.4 Å². The normalized spacial score (nSPS) is 11.0. The molecular formula is C20H20N2O3. The van der Waals surface area contributed by atoms with Crippen molar-refractivity contribution in [2.75, 3.05) is 0 Å². The molecule has 2 N–H and O–H groups in total. The van der Waals surface area contributed by atoms with E-state index in [-0.39, 0.29) is 29.8 Å². The van der Waals surface area contributed by atoms with E-state index in [1.54, 1.807) is 12.1 Å². The molecule has 5 heteroatoms. The highest BCUT2D eigenvalue weighted by atomic mass is 16.3. The standard InChI is InChI=1S/C20H20N2O3/c1-13(2)21-19(24)12-22-18(14-6-4-3-5-7-14)10-15-8-9-16(23)11-17(15)20(22)25/h3-11,13,23H,12H2,1-2H3,(H,21,24). The summed E-state index contributed by atoms with van der Waals surface area (Å²) in [6.45, 7) is 3.67. The number of nitrogens with one attached hydrogen (secondary N) is 1. The Morgan fingerprint density at radius 3 is 2.52 bits per heavy atom. The number of fused-ring (bicyclic) bond motifs is 1. The molecule has 0 saturated heterocycles. The molecule has 1 amide bonds. The Balaban J connectivity index is 2.21. The number of carbonyl (C=O) groups excluding carboxylic acids is 1. The van der Waals surface area contributed by atoms with E-state index >= 15 is 0 Å². The van der Waals surface area contributed by atoms with E-state index < -0.39 is 0 Å². The van der Waals surface area contributed by atoms with Crippen LogP contribution in [-0.2, 0) is 11.3 Å². The number of aromatic nitrogens is 1. The second-order valence-corrected chi connectivity index (χ2v) is 6.28. The van der Waals surface area contributed by atoms with Crippen molar-refractivity contribution < 1.29 is 9.90 Å². The van der Waals surface area contributed by atoms with Crippen LogP contribution in [0.1, 0.15) is 13.8 Å². The molecule has 0 aliphatic heterocycles. The minimum Gasteiger partial charge on any atom is -0.508 e. The van der Waals surface area contributed by atoms with E-state index in [1.807, 2.05) is 50.2 Å². The van der Waals surface area contributed by atoms with Crippen LogP contribution in [0.25, 0.3) is 22.0 Å². The molecule has 2 aromatic carbocycles. The van der Waals surface area contributed by atoms with Gasteiger partial charge in [0.25, 0.3) is 5.56 Å². The minimum atomic E-state index is -0.300. The number of benzene rings is 2.